The molecule has 0 saturated carbocycles. The molecule has 0 saturated heterocycles. The topological polar surface area (TPSA) is 47.0 Å². The van der Waals surface area contributed by atoms with Crippen molar-refractivity contribution in [2.75, 3.05) is 12.4 Å². The van der Waals surface area contributed by atoms with Gasteiger partial charge in [-0.1, -0.05) is 33.1 Å². The summed E-state index contributed by atoms with van der Waals surface area (Å²) in [4.78, 5) is 8.92. The number of unbranched alkanes of at least 4 members (excludes halogenated alkanes) is 3. The molecule has 0 spiro atoms. The quantitative estimate of drug-likeness (QED) is 0.652. The second-order valence-electron chi connectivity index (χ2n) is 5.29. The molecule has 1 heterocycles. The predicted octanol–water partition coefficient (Wildman–Crippen LogP) is 4.21. The molecule has 4 nitrogen and oxygen atoms in total. The number of aromatic nitrogens is 2. The Hall–Kier alpha value is -1.32. The second kappa shape index (κ2) is 9.56. The Labute approximate surface area is 123 Å². The van der Waals surface area contributed by atoms with Gasteiger partial charge in [-0.3, -0.25) is 0 Å². The lowest BCUT2D eigenvalue weighted by Crippen LogP contribution is -2.14. The summed E-state index contributed by atoms with van der Waals surface area (Å²) >= 11 is 0. The van der Waals surface area contributed by atoms with Crippen LogP contribution in [0.1, 0.15) is 65.1 Å². The highest BCUT2D eigenvalue weighted by molar-refractivity contribution is 5.37. The van der Waals surface area contributed by atoms with Crippen LogP contribution in [0.3, 0.4) is 0 Å². The first-order chi connectivity index (χ1) is 9.69. The summed E-state index contributed by atoms with van der Waals surface area (Å²) < 4.78 is 5.93. The largest absolute Gasteiger partial charge is 0.475 e. The van der Waals surface area contributed by atoms with Crippen LogP contribution in [0.15, 0.2) is 6.07 Å². The van der Waals surface area contributed by atoms with Crippen LogP contribution in [0.25, 0.3) is 0 Å². The number of nitrogens with one attached hydrogen (secondary N) is 1. The van der Waals surface area contributed by atoms with Gasteiger partial charge in [-0.15, -0.1) is 0 Å². The van der Waals surface area contributed by atoms with E-state index in [1.54, 1.807) is 0 Å². The zero-order valence-corrected chi connectivity index (χ0v) is 13.4. The van der Waals surface area contributed by atoms with Crippen molar-refractivity contribution in [2.45, 2.75) is 71.8 Å². The molecule has 1 rings (SSSR count). The van der Waals surface area contributed by atoms with E-state index in [1.807, 2.05) is 13.1 Å². The molecule has 1 atom stereocenters. The lowest BCUT2D eigenvalue weighted by Gasteiger charge is -2.15. The maximum Gasteiger partial charge on any atom is 0.218 e. The summed E-state index contributed by atoms with van der Waals surface area (Å²) in [5.74, 6) is 2.37. The number of aryl methyl sites for hydroxylation is 1. The second-order valence-corrected chi connectivity index (χ2v) is 5.29. The van der Waals surface area contributed by atoms with Crippen molar-refractivity contribution in [3.05, 3.63) is 11.9 Å². The Bertz CT molecular complexity index is 382. The lowest BCUT2D eigenvalue weighted by atomic mass is 10.1. The van der Waals surface area contributed by atoms with Crippen LogP contribution in [0.2, 0.25) is 0 Å². The van der Waals surface area contributed by atoms with Gasteiger partial charge in [0.2, 0.25) is 5.88 Å². The minimum atomic E-state index is 0.209. The van der Waals surface area contributed by atoms with Crippen LogP contribution in [-0.4, -0.2) is 23.1 Å². The summed E-state index contributed by atoms with van der Waals surface area (Å²) in [5.41, 5.74) is 0. The molecule has 1 aromatic rings. The Kier molecular flexibility index (Phi) is 8.00. The van der Waals surface area contributed by atoms with Gasteiger partial charge in [-0.05, 0) is 26.2 Å². The van der Waals surface area contributed by atoms with Crippen molar-refractivity contribution in [3.8, 4) is 5.88 Å². The fraction of sp³-hybridized carbons (Fsp3) is 0.750. The molecular formula is C16H29N3O. The number of hydrogen-bond acceptors (Lipinski definition) is 4. The third kappa shape index (κ3) is 6.22. The monoisotopic (exact) mass is 279 g/mol. The molecule has 4 heteroatoms. The zero-order chi connectivity index (χ0) is 14.8. The highest BCUT2D eigenvalue weighted by Gasteiger charge is 2.08. The van der Waals surface area contributed by atoms with E-state index in [1.165, 1.54) is 25.7 Å². The fourth-order valence-electron chi connectivity index (χ4n) is 2.12. The summed E-state index contributed by atoms with van der Waals surface area (Å²) in [6, 6.07) is 1.88. The van der Waals surface area contributed by atoms with Gasteiger partial charge >= 0.3 is 0 Å². The third-order valence-corrected chi connectivity index (χ3v) is 3.26. The van der Waals surface area contributed by atoms with E-state index in [0.717, 1.165) is 30.9 Å². The lowest BCUT2D eigenvalue weighted by molar-refractivity contribution is 0.197. The summed E-state index contributed by atoms with van der Waals surface area (Å²) in [5, 5.41) is 3.07. The third-order valence-electron chi connectivity index (χ3n) is 3.26. The Balaban J connectivity index is 2.54. The van der Waals surface area contributed by atoms with E-state index in [-0.39, 0.29) is 6.10 Å². The van der Waals surface area contributed by atoms with Gasteiger partial charge < -0.3 is 10.1 Å². The van der Waals surface area contributed by atoms with Crippen molar-refractivity contribution < 1.29 is 4.74 Å². The first kappa shape index (κ1) is 16.7. The van der Waals surface area contributed by atoms with Crippen LogP contribution < -0.4 is 10.1 Å². The first-order valence-electron chi connectivity index (χ1n) is 7.91. The van der Waals surface area contributed by atoms with Crippen molar-refractivity contribution in [1.82, 2.24) is 9.97 Å². The molecule has 0 fully saturated rings. The van der Waals surface area contributed by atoms with Crippen molar-refractivity contribution in [2.24, 2.45) is 0 Å². The minimum Gasteiger partial charge on any atom is -0.475 e. The van der Waals surface area contributed by atoms with E-state index >= 15 is 0 Å². The summed E-state index contributed by atoms with van der Waals surface area (Å²) in [6.45, 7) is 6.48. The average Bonchev–Trinajstić information content (AvgIpc) is 2.43. The number of hydrogen-bond donors (Lipinski definition) is 1. The van der Waals surface area contributed by atoms with Crippen LogP contribution in [0.5, 0.6) is 5.88 Å². The molecule has 1 aromatic heterocycles. The van der Waals surface area contributed by atoms with Crippen molar-refractivity contribution in [3.63, 3.8) is 0 Å². The van der Waals surface area contributed by atoms with E-state index < -0.39 is 0 Å². The number of ether oxygens (including phenoxy) is 1. The maximum atomic E-state index is 5.93. The molecule has 0 aliphatic carbocycles. The molecular weight excluding hydrogens is 250 g/mol. The van der Waals surface area contributed by atoms with Gasteiger partial charge in [0.1, 0.15) is 11.6 Å². The molecule has 0 aromatic carbocycles. The molecule has 0 bridgehead atoms. The first-order valence-corrected chi connectivity index (χ1v) is 7.91. The van der Waals surface area contributed by atoms with E-state index in [4.69, 9.17) is 4.74 Å². The Morgan fingerprint density at radius 2 is 1.95 bits per heavy atom. The SMILES string of the molecule is CCCCCCC(C)Oc1cc(NC)nc(CCC)n1. The molecule has 0 radical (unpaired) electrons. The van der Waals surface area contributed by atoms with Gasteiger partial charge in [-0.25, -0.2) is 4.98 Å². The molecule has 1 unspecified atom stereocenters. The highest BCUT2D eigenvalue weighted by atomic mass is 16.5. The molecule has 1 N–H and O–H groups in total. The minimum absolute atomic E-state index is 0.209. The van der Waals surface area contributed by atoms with E-state index in [0.29, 0.717) is 5.88 Å². The molecule has 20 heavy (non-hydrogen) atoms. The zero-order valence-electron chi connectivity index (χ0n) is 13.4. The molecule has 0 amide bonds. The Morgan fingerprint density at radius 3 is 2.60 bits per heavy atom. The molecule has 0 aliphatic heterocycles. The van der Waals surface area contributed by atoms with Crippen molar-refractivity contribution >= 4 is 5.82 Å². The molecule has 0 aliphatic rings. The van der Waals surface area contributed by atoms with Crippen LogP contribution in [0.4, 0.5) is 5.82 Å². The number of rotatable bonds is 10. The normalized spacial score (nSPS) is 12.2. The highest BCUT2D eigenvalue weighted by Crippen LogP contribution is 2.17. The predicted molar refractivity (Wildman–Crippen MR) is 84.4 cm³/mol. The average molecular weight is 279 g/mol. The van der Waals surface area contributed by atoms with Crippen LogP contribution in [-0.2, 0) is 6.42 Å². The standard InChI is InChI=1S/C16H29N3O/c1-5-7-8-9-11-13(3)20-16-12-15(17-4)18-14(19-16)10-6-2/h12-13H,5-11H2,1-4H3,(H,17,18,19). The van der Waals surface area contributed by atoms with Gasteiger partial charge in [0.15, 0.2) is 0 Å². The number of nitrogens with zero attached hydrogens (tertiary/aromatic N) is 2. The maximum absolute atomic E-state index is 5.93. The van der Waals surface area contributed by atoms with Gasteiger partial charge in [0.05, 0.1) is 6.10 Å². The fourth-order valence-corrected chi connectivity index (χ4v) is 2.12. The van der Waals surface area contributed by atoms with Crippen molar-refractivity contribution in [1.29, 1.82) is 0 Å². The Morgan fingerprint density at radius 1 is 1.15 bits per heavy atom. The van der Waals surface area contributed by atoms with E-state index in [2.05, 4.69) is 36.1 Å². The summed E-state index contributed by atoms with van der Waals surface area (Å²) in [6.07, 6.45) is 8.31. The van der Waals surface area contributed by atoms with Crippen LogP contribution in [0, 0.1) is 0 Å². The van der Waals surface area contributed by atoms with Gasteiger partial charge in [0, 0.05) is 19.5 Å². The van der Waals surface area contributed by atoms with Gasteiger partial charge in [-0.2, -0.15) is 4.98 Å². The van der Waals surface area contributed by atoms with Gasteiger partial charge in [0.25, 0.3) is 0 Å². The summed E-state index contributed by atoms with van der Waals surface area (Å²) in [7, 11) is 1.87. The molecule has 114 valence electrons. The smallest absolute Gasteiger partial charge is 0.218 e. The van der Waals surface area contributed by atoms with E-state index in [9.17, 15) is 0 Å². The number of anilines is 1. The van der Waals surface area contributed by atoms with Crippen LogP contribution >= 0.6 is 0 Å².